The molecule has 1 atom stereocenters. The van der Waals surface area contributed by atoms with E-state index >= 15 is 0 Å². The van der Waals surface area contributed by atoms with Gasteiger partial charge in [-0.25, -0.2) is 19.1 Å². The van der Waals surface area contributed by atoms with Crippen LogP contribution in [0, 0.1) is 0 Å². The molecule has 242 valence electrons. The first kappa shape index (κ1) is 29.5. The van der Waals surface area contributed by atoms with Gasteiger partial charge in [-0.2, -0.15) is 5.10 Å². The van der Waals surface area contributed by atoms with Crippen molar-refractivity contribution in [1.82, 2.24) is 33.6 Å². The highest BCUT2D eigenvalue weighted by Crippen LogP contribution is 2.30. The lowest BCUT2D eigenvalue weighted by Crippen LogP contribution is -2.59. The minimum absolute atomic E-state index is 0.226. The van der Waals surface area contributed by atoms with E-state index in [-0.39, 0.29) is 17.7 Å². The van der Waals surface area contributed by atoms with Crippen molar-refractivity contribution in [3.05, 3.63) is 92.8 Å². The van der Waals surface area contributed by atoms with E-state index in [0.29, 0.717) is 51.6 Å². The number of rotatable bonds is 7. The molecule has 0 spiro atoms. The van der Waals surface area contributed by atoms with Crippen molar-refractivity contribution in [2.45, 2.75) is 44.9 Å². The van der Waals surface area contributed by atoms with Crippen LogP contribution in [0.25, 0.3) is 22.5 Å². The molecule has 7 heterocycles. The van der Waals surface area contributed by atoms with Gasteiger partial charge in [0, 0.05) is 61.9 Å². The summed E-state index contributed by atoms with van der Waals surface area (Å²) in [6.07, 6.45) is 9.50. The lowest BCUT2D eigenvalue weighted by molar-refractivity contribution is -0.0691. The summed E-state index contributed by atoms with van der Waals surface area (Å²) >= 11 is 0. The third kappa shape index (κ3) is 5.11. The number of aliphatic hydroxyl groups is 1. The predicted octanol–water partition coefficient (Wildman–Crippen LogP) is 2.27. The first-order valence-corrected chi connectivity index (χ1v) is 16.1. The average Bonchev–Trinajstić information content (AvgIpc) is 3.65. The van der Waals surface area contributed by atoms with E-state index in [4.69, 9.17) is 4.74 Å². The molecular weight excluding hydrogens is 598 g/mol. The summed E-state index contributed by atoms with van der Waals surface area (Å²) in [5.74, 6) is 0.840. The summed E-state index contributed by atoms with van der Waals surface area (Å²) in [4.78, 5) is 40.9. The number of aliphatic hydroxyl groups excluding tert-OH is 1. The fourth-order valence-electron chi connectivity index (χ4n) is 7.20. The van der Waals surface area contributed by atoms with Gasteiger partial charge in [0.1, 0.15) is 29.2 Å². The second kappa shape index (κ2) is 11.7. The Labute approximate surface area is 270 Å². The van der Waals surface area contributed by atoms with Crippen LogP contribution in [-0.2, 0) is 31.2 Å². The van der Waals surface area contributed by atoms with Gasteiger partial charge in [-0.1, -0.05) is 0 Å². The molecule has 2 aliphatic heterocycles. The van der Waals surface area contributed by atoms with Gasteiger partial charge in [0.15, 0.2) is 0 Å². The second-order valence-electron chi connectivity index (χ2n) is 12.7. The van der Waals surface area contributed by atoms with Crippen molar-refractivity contribution < 1.29 is 9.84 Å². The van der Waals surface area contributed by atoms with E-state index in [1.807, 2.05) is 24.4 Å². The number of hydrogen-bond acceptors (Lipinski definition) is 10. The maximum atomic E-state index is 13.6. The molecule has 0 saturated carbocycles. The molecule has 2 N–H and O–H groups in total. The molecule has 8 rings (SSSR count). The summed E-state index contributed by atoms with van der Waals surface area (Å²) in [5.41, 5.74) is 5.38. The Morgan fingerprint density at radius 3 is 2.68 bits per heavy atom. The highest BCUT2D eigenvalue weighted by Gasteiger charge is 2.32. The highest BCUT2D eigenvalue weighted by atomic mass is 16.5. The Bertz CT molecular complexity index is 2100. The Kier molecular flexibility index (Phi) is 7.38. The molecule has 1 aliphatic carbocycles. The van der Waals surface area contributed by atoms with E-state index < -0.39 is 0 Å². The molecule has 5 aromatic heterocycles. The van der Waals surface area contributed by atoms with E-state index in [2.05, 4.69) is 37.1 Å². The standard InChI is InChI=1S/C34H37N9O4/c1-21-15-40(25-18-47-19-25)10-11-41(21)24-6-7-31(36-14-24)38-28-12-23(16-39(2)33(28)45)26-8-9-35-32(27(26)17-44)42-20-37-43-29-5-3-4-22(29)13-30(43)34(42)46/h6-9,12-14,16,20-21,25,44H,3-5,10-11,15,17-19H2,1-2H3,(H,36,38)/t21-/m0/s1. The van der Waals surface area contributed by atoms with Gasteiger partial charge in [0.25, 0.3) is 11.1 Å². The molecule has 0 radical (unpaired) electrons. The quantitative estimate of drug-likeness (QED) is 0.274. The maximum absolute atomic E-state index is 13.6. The lowest BCUT2D eigenvalue weighted by Gasteiger charge is -2.46. The molecule has 47 heavy (non-hydrogen) atoms. The van der Waals surface area contributed by atoms with Gasteiger partial charge in [0.2, 0.25) is 0 Å². The van der Waals surface area contributed by atoms with E-state index in [9.17, 15) is 14.7 Å². The number of aryl methyl sites for hydroxylation is 3. The van der Waals surface area contributed by atoms with E-state index in [0.717, 1.165) is 69.1 Å². The fraction of sp³-hybridized carbons (Fsp3) is 0.382. The number of aromatic nitrogens is 6. The zero-order valence-electron chi connectivity index (χ0n) is 26.5. The van der Waals surface area contributed by atoms with Crippen molar-refractivity contribution >= 4 is 22.7 Å². The number of nitrogens with zero attached hydrogens (tertiary/aromatic N) is 8. The first-order valence-electron chi connectivity index (χ1n) is 16.1. The van der Waals surface area contributed by atoms with Gasteiger partial charge in [-0.05, 0) is 67.6 Å². The number of piperazine rings is 1. The smallest absolute Gasteiger partial charge is 0.283 e. The van der Waals surface area contributed by atoms with Crippen LogP contribution in [-0.4, -0.2) is 83.7 Å². The molecule has 0 unspecified atom stereocenters. The number of ether oxygens (including phenoxy) is 1. The number of fused-ring (bicyclic) bond motifs is 3. The Hall–Kier alpha value is -4.85. The minimum Gasteiger partial charge on any atom is -0.392 e. The van der Waals surface area contributed by atoms with Gasteiger partial charge < -0.3 is 24.6 Å². The Morgan fingerprint density at radius 2 is 1.94 bits per heavy atom. The molecule has 0 bridgehead atoms. The summed E-state index contributed by atoms with van der Waals surface area (Å²) in [6.45, 7) is 6.39. The molecule has 0 aromatic carbocycles. The number of pyridine rings is 3. The van der Waals surface area contributed by atoms with Crippen LogP contribution in [0.5, 0.6) is 0 Å². The SMILES string of the molecule is C[C@H]1CN(C2COC2)CCN1c1ccc(Nc2cc(-c3ccnc(-n4cnn5c6c(cc5c4=O)CCC6)c3CO)cn(C)c2=O)nc1. The minimum atomic E-state index is -0.372. The molecule has 13 heteroatoms. The third-order valence-corrected chi connectivity index (χ3v) is 9.80. The molecule has 3 aliphatic rings. The Balaban J connectivity index is 1.08. The number of anilines is 3. The zero-order valence-corrected chi connectivity index (χ0v) is 26.5. The first-order chi connectivity index (χ1) is 22.9. The lowest BCUT2D eigenvalue weighted by atomic mass is 10.0. The van der Waals surface area contributed by atoms with Crippen LogP contribution in [0.3, 0.4) is 0 Å². The van der Waals surface area contributed by atoms with Crippen LogP contribution in [0.2, 0.25) is 0 Å². The molecule has 5 aromatic rings. The monoisotopic (exact) mass is 635 g/mol. The van der Waals surface area contributed by atoms with E-state index in [1.54, 1.807) is 36.1 Å². The second-order valence-corrected chi connectivity index (χ2v) is 12.7. The topological polar surface area (TPSA) is 135 Å². The maximum Gasteiger partial charge on any atom is 0.283 e. The normalized spacial score (nSPS) is 18.4. The zero-order chi connectivity index (χ0) is 32.2. The number of nitrogens with one attached hydrogen (secondary N) is 1. The van der Waals surface area contributed by atoms with Gasteiger partial charge >= 0.3 is 0 Å². The Morgan fingerprint density at radius 1 is 1.06 bits per heavy atom. The van der Waals surface area contributed by atoms with Crippen LogP contribution >= 0.6 is 0 Å². The molecule has 13 nitrogen and oxygen atoms in total. The van der Waals surface area contributed by atoms with Crippen molar-refractivity contribution in [2.24, 2.45) is 7.05 Å². The fourth-order valence-corrected chi connectivity index (χ4v) is 7.20. The summed E-state index contributed by atoms with van der Waals surface area (Å²) in [7, 11) is 1.68. The third-order valence-electron chi connectivity index (χ3n) is 9.80. The van der Waals surface area contributed by atoms with Crippen molar-refractivity contribution in [2.75, 3.05) is 43.1 Å². The highest BCUT2D eigenvalue weighted by molar-refractivity contribution is 5.73. The average molecular weight is 636 g/mol. The van der Waals surface area contributed by atoms with Crippen molar-refractivity contribution in [1.29, 1.82) is 0 Å². The predicted molar refractivity (Wildman–Crippen MR) is 178 cm³/mol. The van der Waals surface area contributed by atoms with Crippen LogP contribution in [0.1, 0.15) is 30.2 Å². The summed E-state index contributed by atoms with van der Waals surface area (Å²) in [5, 5.41) is 18.3. The molecule has 0 amide bonds. The molecular formula is C34H37N9O4. The van der Waals surface area contributed by atoms with Crippen LogP contribution < -0.4 is 21.3 Å². The summed E-state index contributed by atoms with van der Waals surface area (Å²) in [6, 6.07) is 10.2. The van der Waals surface area contributed by atoms with Crippen LogP contribution in [0.15, 0.2) is 64.8 Å². The van der Waals surface area contributed by atoms with Gasteiger partial charge in [-0.3, -0.25) is 14.5 Å². The van der Waals surface area contributed by atoms with Crippen LogP contribution in [0.4, 0.5) is 17.2 Å². The molecule has 2 fully saturated rings. The van der Waals surface area contributed by atoms with E-state index in [1.165, 1.54) is 15.5 Å². The largest absolute Gasteiger partial charge is 0.392 e. The van der Waals surface area contributed by atoms with Gasteiger partial charge in [-0.15, -0.1) is 0 Å². The number of hydrogen-bond donors (Lipinski definition) is 2. The summed E-state index contributed by atoms with van der Waals surface area (Å²) < 4.78 is 9.98. The van der Waals surface area contributed by atoms with Crippen molar-refractivity contribution in [3.8, 4) is 16.9 Å². The van der Waals surface area contributed by atoms with Gasteiger partial charge in [0.05, 0.1) is 37.7 Å². The van der Waals surface area contributed by atoms with Crippen molar-refractivity contribution in [3.63, 3.8) is 0 Å². The molecule has 2 saturated heterocycles.